The molecule has 1 aromatic heterocycles. The first-order valence-electron chi connectivity index (χ1n) is 8.82. The third-order valence-electron chi connectivity index (χ3n) is 4.55. The minimum atomic E-state index is 0.0104. The molecule has 0 saturated carbocycles. The molecule has 0 spiro atoms. The van der Waals surface area contributed by atoms with Crippen LogP contribution >= 0.6 is 0 Å². The standard InChI is InChI=1S/C20H25N3O3/c1-16-3-4-18(19(13-16)25-2)26-15-20(24)23-11-9-22(10-12-23)14-17-5-7-21-8-6-17/h3-8,13H,9-12,14-15H2,1-2H3. The number of nitrogens with zero attached hydrogens (tertiary/aromatic N) is 3. The molecule has 1 aliphatic rings. The molecule has 3 rings (SSSR count). The summed E-state index contributed by atoms with van der Waals surface area (Å²) in [6, 6.07) is 9.74. The van der Waals surface area contributed by atoms with Crippen LogP contribution < -0.4 is 9.47 Å². The molecule has 6 nitrogen and oxygen atoms in total. The van der Waals surface area contributed by atoms with Crippen LogP contribution in [0.4, 0.5) is 0 Å². The third-order valence-corrected chi connectivity index (χ3v) is 4.55. The van der Waals surface area contributed by atoms with Crippen molar-refractivity contribution in [2.45, 2.75) is 13.5 Å². The topological polar surface area (TPSA) is 54.9 Å². The van der Waals surface area contributed by atoms with Gasteiger partial charge in [0.05, 0.1) is 7.11 Å². The molecule has 0 radical (unpaired) electrons. The van der Waals surface area contributed by atoms with Crippen molar-refractivity contribution in [1.29, 1.82) is 0 Å². The van der Waals surface area contributed by atoms with E-state index in [1.165, 1.54) is 5.56 Å². The summed E-state index contributed by atoms with van der Waals surface area (Å²) < 4.78 is 11.0. The van der Waals surface area contributed by atoms with Gasteiger partial charge in [-0.25, -0.2) is 0 Å². The molecule has 2 aromatic rings. The van der Waals surface area contributed by atoms with Gasteiger partial charge in [0.25, 0.3) is 5.91 Å². The Hall–Kier alpha value is -2.60. The van der Waals surface area contributed by atoms with Crippen LogP contribution in [-0.4, -0.2) is 60.6 Å². The molecule has 1 aliphatic heterocycles. The van der Waals surface area contributed by atoms with Crippen molar-refractivity contribution in [3.63, 3.8) is 0 Å². The summed E-state index contributed by atoms with van der Waals surface area (Å²) in [5.74, 6) is 1.26. The molecule has 1 fully saturated rings. The highest BCUT2D eigenvalue weighted by Crippen LogP contribution is 2.27. The normalized spacial score (nSPS) is 14.9. The Morgan fingerprint density at radius 1 is 1.08 bits per heavy atom. The highest BCUT2D eigenvalue weighted by Gasteiger charge is 2.21. The number of carbonyl (C=O) groups excluding carboxylic acids is 1. The maximum atomic E-state index is 12.4. The Morgan fingerprint density at radius 3 is 2.50 bits per heavy atom. The molecule has 1 aromatic carbocycles. The number of hydrogen-bond donors (Lipinski definition) is 0. The number of amides is 1. The van der Waals surface area contributed by atoms with E-state index in [1.807, 2.05) is 54.5 Å². The highest BCUT2D eigenvalue weighted by molar-refractivity contribution is 5.78. The van der Waals surface area contributed by atoms with Crippen molar-refractivity contribution in [1.82, 2.24) is 14.8 Å². The first-order chi connectivity index (χ1) is 12.7. The fraction of sp³-hybridized carbons (Fsp3) is 0.400. The average molecular weight is 355 g/mol. The third kappa shape index (κ3) is 4.73. The van der Waals surface area contributed by atoms with Gasteiger partial charge in [0.2, 0.25) is 0 Å². The molecule has 1 amide bonds. The van der Waals surface area contributed by atoms with Gasteiger partial charge >= 0.3 is 0 Å². The van der Waals surface area contributed by atoms with Crippen LogP contribution in [0.15, 0.2) is 42.7 Å². The van der Waals surface area contributed by atoms with E-state index in [0.717, 1.165) is 38.3 Å². The number of hydrogen-bond acceptors (Lipinski definition) is 5. The molecule has 0 atom stereocenters. The summed E-state index contributed by atoms with van der Waals surface area (Å²) in [6.07, 6.45) is 3.62. The van der Waals surface area contributed by atoms with E-state index >= 15 is 0 Å². The number of methoxy groups -OCH3 is 1. The Labute approximate surface area is 154 Å². The number of piperazine rings is 1. The summed E-state index contributed by atoms with van der Waals surface area (Å²) in [5.41, 5.74) is 2.33. The number of pyridine rings is 1. The van der Waals surface area contributed by atoms with Crippen molar-refractivity contribution in [3.05, 3.63) is 53.9 Å². The fourth-order valence-electron chi connectivity index (χ4n) is 3.03. The summed E-state index contributed by atoms with van der Waals surface area (Å²) in [6.45, 7) is 6.08. The quantitative estimate of drug-likeness (QED) is 0.794. The van der Waals surface area contributed by atoms with Gasteiger partial charge in [-0.1, -0.05) is 6.07 Å². The molecular weight excluding hydrogens is 330 g/mol. The van der Waals surface area contributed by atoms with Gasteiger partial charge < -0.3 is 14.4 Å². The number of carbonyl (C=O) groups is 1. The SMILES string of the molecule is COc1cc(C)ccc1OCC(=O)N1CCN(Cc2ccncc2)CC1. The van der Waals surface area contributed by atoms with E-state index in [0.29, 0.717) is 11.5 Å². The lowest BCUT2D eigenvalue weighted by Gasteiger charge is -2.34. The van der Waals surface area contributed by atoms with E-state index < -0.39 is 0 Å². The Kier molecular flexibility index (Phi) is 6.07. The van der Waals surface area contributed by atoms with E-state index in [9.17, 15) is 4.79 Å². The summed E-state index contributed by atoms with van der Waals surface area (Å²) >= 11 is 0. The van der Waals surface area contributed by atoms with Gasteiger partial charge in [-0.05, 0) is 42.3 Å². The largest absolute Gasteiger partial charge is 0.493 e. The van der Waals surface area contributed by atoms with Gasteiger partial charge in [-0.3, -0.25) is 14.7 Å². The van der Waals surface area contributed by atoms with E-state index in [4.69, 9.17) is 9.47 Å². The van der Waals surface area contributed by atoms with Crippen LogP contribution in [0.2, 0.25) is 0 Å². The average Bonchev–Trinajstić information content (AvgIpc) is 2.68. The highest BCUT2D eigenvalue weighted by atomic mass is 16.5. The zero-order valence-corrected chi connectivity index (χ0v) is 15.4. The molecule has 2 heterocycles. The van der Waals surface area contributed by atoms with Crippen molar-refractivity contribution >= 4 is 5.91 Å². The summed E-state index contributed by atoms with van der Waals surface area (Å²) in [7, 11) is 1.60. The zero-order chi connectivity index (χ0) is 18.4. The zero-order valence-electron chi connectivity index (χ0n) is 15.4. The number of rotatable bonds is 6. The van der Waals surface area contributed by atoms with Crippen LogP contribution in [0.3, 0.4) is 0 Å². The van der Waals surface area contributed by atoms with E-state index in [-0.39, 0.29) is 12.5 Å². The first-order valence-corrected chi connectivity index (χ1v) is 8.82. The molecule has 1 saturated heterocycles. The van der Waals surface area contributed by atoms with Crippen LogP contribution in [0.1, 0.15) is 11.1 Å². The molecule has 0 bridgehead atoms. The number of benzene rings is 1. The summed E-state index contributed by atoms with van der Waals surface area (Å²) in [4.78, 5) is 20.7. The molecule has 0 aliphatic carbocycles. The monoisotopic (exact) mass is 355 g/mol. The van der Waals surface area contributed by atoms with Gasteiger partial charge in [0.15, 0.2) is 18.1 Å². The van der Waals surface area contributed by atoms with Crippen molar-refractivity contribution in [2.24, 2.45) is 0 Å². The molecule has 26 heavy (non-hydrogen) atoms. The van der Waals surface area contributed by atoms with Gasteiger partial charge in [-0.2, -0.15) is 0 Å². The fourth-order valence-corrected chi connectivity index (χ4v) is 3.03. The lowest BCUT2D eigenvalue weighted by molar-refractivity contribution is -0.135. The van der Waals surface area contributed by atoms with Gasteiger partial charge in [0.1, 0.15) is 0 Å². The lowest BCUT2D eigenvalue weighted by atomic mass is 10.2. The van der Waals surface area contributed by atoms with Gasteiger partial charge in [0, 0.05) is 45.1 Å². The second kappa shape index (κ2) is 8.67. The smallest absolute Gasteiger partial charge is 0.260 e. The van der Waals surface area contributed by atoms with Crippen LogP contribution in [0.5, 0.6) is 11.5 Å². The van der Waals surface area contributed by atoms with E-state index in [1.54, 1.807) is 7.11 Å². The molecule has 6 heteroatoms. The predicted molar refractivity (Wildman–Crippen MR) is 99.3 cm³/mol. The summed E-state index contributed by atoms with van der Waals surface area (Å²) in [5, 5.41) is 0. The van der Waals surface area contributed by atoms with Crippen molar-refractivity contribution < 1.29 is 14.3 Å². The minimum Gasteiger partial charge on any atom is -0.493 e. The number of aromatic nitrogens is 1. The molecule has 0 N–H and O–H groups in total. The number of aryl methyl sites for hydroxylation is 1. The van der Waals surface area contributed by atoms with E-state index in [2.05, 4.69) is 9.88 Å². The second-order valence-corrected chi connectivity index (χ2v) is 6.46. The predicted octanol–water partition coefficient (Wildman–Crippen LogP) is 2.12. The maximum absolute atomic E-state index is 12.4. The van der Waals surface area contributed by atoms with Crippen LogP contribution in [-0.2, 0) is 11.3 Å². The molecule has 138 valence electrons. The molecule has 0 unspecified atom stereocenters. The van der Waals surface area contributed by atoms with Crippen LogP contribution in [0, 0.1) is 6.92 Å². The Morgan fingerprint density at radius 2 is 1.81 bits per heavy atom. The maximum Gasteiger partial charge on any atom is 0.260 e. The number of ether oxygens (including phenoxy) is 2. The second-order valence-electron chi connectivity index (χ2n) is 6.46. The van der Waals surface area contributed by atoms with Crippen molar-refractivity contribution in [2.75, 3.05) is 39.9 Å². The van der Waals surface area contributed by atoms with Crippen LogP contribution in [0.25, 0.3) is 0 Å². The Bertz CT molecular complexity index is 728. The molecular formula is C20H25N3O3. The minimum absolute atomic E-state index is 0.0104. The van der Waals surface area contributed by atoms with Crippen molar-refractivity contribution in [3.8, 4) is 11.5 Å². The Balaban J connectivity index is 1.47. The first kappa shape index (κ1) is 18.2. The lowest BCUT2D eigenvalue weighted by Crippen LogP contribution is -2.49. The van der Waals surface area contributed by atoms with Gasteiger partial charge in [-0.15, -0.1) is 0 Å².